The fraction of sp³-hybridized carbons (Fsp3) is 0.350. The minimum absolute atomic E-state index is 0.333. The van der Waals surface area contributed by atoms with E-state index in [1.54, 1.807) is 17.8 Å². The molecular formula is C20H25N6O3+. The van der Waals surface area contributed by atoms with Gasteiger partial charge in [-0.2, -0.15) is 5.43 Å². The highest BCUT2D eigenvalue weighted by atomic mass is 16.5. The first-order chi connectivity index (χ1) is 13.8. The number of ether oxygens (including phenoxy) is 1. The van der Waals surface area contributed by atoms with Gasteiger partial charge < -0.3 is 4.74 Å². The quantitative estimate of drug-likeness (QED) is 0.339. The van der Waals surface area contributed by atoms with Gasteiger partial charge in [-0.25, -0.2) is 9.37 Å². The summed E-state index contributed by atoms with van der Waals surface area (Å²) in [6.45, 7) is 8.74. The maximum absolute atomic E-state index is 12.7. The highest BCUT2D eigenvalue weighted by Crippen LogP contribution is 2.19. The molecule has 0 saturated carbocycles. The Hall–Kier alpha value is -3.49. The summed E-state index contributed by atoms with van der Waals surface area (Å²) >= 11 is 0. The number of nitrogens with one attached hydrogen (secondary N) is 1. The Balaban J connectivity index is 1.84. The third-order valence-corrected chi connectivity index (χ3v) is 4.54. The molecule has 9 heteroatoms. The number of carbonyl (C=O) groups is 2. The van der Waals surface area contributed by atoms with Crippen molar-refractivity contribution in [2.45, 2.75) is 19.9 Å². The van der Waals surface area contributed by atoms with E-state index in [0.717, 1.165) is 21.8 Å². The number of benzene rings is 1. The summed E-state index contributed by atoms with van der Waals surface area (Å²) in [6.07, 6.45) is 1.65. The Kier molecular flexibility index (Phi) is 5.76. The van der Waals surface area contributed by atoms with Crippen LogP contribution in [0.1, 0.15) is 19.4 Å². The van der Waals surface area contributed by atoms with Gasteiger partial charge in [0.2, 0.25) is 11.9 Å². The average molecular weight is 397 g/mol. The van der Waals surface area contributed by atoms with E-state index < -0.39 is 12.1 Å². The molecule has 1 saturated heterocycles. The molecule has 1 aromatic carbocycles. The molecule has 3 rings (SSSR count). The number of carbonyl (C=O) groups excluding carboxylic acids is 2. The standard InChI is InChI=1S/C20H24N6O3/c1-6-29-15-9-7-14(8-10-15)11-21-23-19-22-17-16(26(19)12-13(2)3)18(27)25(5)20(28)24(17)4/h7-11,16H,2,6,12H2,1,3-5H3/p+1/b21-11+. The van der Waals surface area contributed by atoms with Crippen LogP contribution in [0.5, 0.6) is 5.75 Å². The van der Waals surface area contributed by atoms with Gasteiger partial charge in [-0.15, -0.1) is 5.10 Å². The minimum atomic E-state index is -0.692. The van der Waals surface area contributed by atoms with Crippen molar-refractivity contribution in [1.29, 1.82) is 0 Å². The zero-order chi connectivity index (χ0) is 21.1. The number of hydrogen-bond donors (Lipinski definition) is 1. The van der Waals surface area contributed by atoms with Crippen molar-refractivity contribution in [1.82, 2.24) is 15.2 Å². The number of fused-ring (bicyclic) bond motifs is 1. The predicted octanol–water partition coefficient (Wildman–Crippen LogP) is 1.26. The number of hydrogen-bond acceptors (Lipinski definition) is 6. The summed E-state index contributed by atoms with van der Waals surface area (Å²) in [5.41, 5.74) is 4.62. The first-order valence-corrected chi connectivity index (χ1v) is 9.27. The SMILES string of the molecule is C=C(C)C[N+]1=C(N/N=C/c2ccc(OCC)cc2)N=C2C1C(=O)N(C)C(=O)N2C. The first-order valence-electron chi connectivity index (χ1n) is 9.27. The summed E-state index contributed by atoms with van der Waals surface area (Å²) < 4.78 is 7.18. The number of imide groups is 1. The second kappa shape index (κ2) is 8.26. The molecule has 0 bridgehead atoms. The zero-order valence-corrected chi connectivity index (χ0v) is 17.0. The fourth-order valence-corrected chi connectivity index (χ4v) is 3.13. The van der Waals surface area contributed by atoms with Gasteiger partial charge in [0, 0.05) is 14.1 Å². The Bertz CT molecular complexity index is 932. The predicted molar refractivity (Wildman–Crippen MR) is 110 cm³/mol. The van der Waals surface area contributed by atoms with Gasteiger partial charge in [0.05, 0.1) is 19.4 Å². The molecule has 2 aliphatic rings. The topological polar surface area (TPSA) is 89.6 Å². The molecule has 9 nitrogen and oxygen atoms in total. The summed E-state index contributed by atoms with van der Waals surface area (Å²) in [6, 6.07) is 6.40. The lowest BCUT2D eigenvalue weighted by Crippen LogP contribution is -2.61. The zero-order valence-electron chi connectivity index (χ0n) is 17.0. The van der Waals surface area contributed by atoms with E-state index in [1.165, 1.54) is 11.9 Å². The minimum Gasteiger partial charge on any atom is -0.494 e. The van der Waals surface area contributed by atoms with Gasteiger partial charge in [-0.1, -0.05) is 11.6 Å². The van der Waals surface area contributed by atoms with Gasteiger partial charge in [0.15, 0.2) is 0 Å². The van der Waals surface area contributed by atoms with Gasteiger partial charge in [0.1, 0.15) is 5.75 Å². The monoisotopic (exact) mass is 397 g/mol. The molecule has 1 N–H and O–H groups in total. The normalized spacial score (nSPS) is 19.0. The second-order valence-corrected chi connectivity index (χ2v) is 6.89. The lowest BCUT2D eigenvalue weighted by Gasteiger charge is -2.31. The lowest BCUT2D eigenvalue weighted by molar-refractivity contribution is -0.529. The van der Waals surface area contributed by atoms with Crippen LogP contribution < -0.4 is 10.2 Å². The molecule has 1 unspecified atom stereocenters. The van der Waals surface area contributed by atoms with E-state index in [1.807, 2.05) is 38.1 Å². The number of rotatable bonds is 6. The van der Waals surface area contributed by atoms with Crippen LogP contribution in [-0.2, 0) is 4.79 Å². The van der Waals surface area contributed by atoms with Crippen LogP contribution in [0.15, 0.2) is 46.5 Å². The molecule has 1 aromatic rings. The number of aliphatic imine (C=N–C) groups is 1. The fourth-order valence-electron chi connectivity index (χ4n) is 3.13. The molecule has 29 heavy (non-hydrogen) atoms. The Morgan fingerprint density at radius 3 is 2.62 bits per heavy atom. The molecule has 3 amide bonds. The summed E-state index contributed by atoms with van der Waals surface area (Å²) in [5, 5.41) is 4.24. The molecule has 1 atom stereocenters. The highest BCUT2D eigenvalue weighted by Gasteiger charge is 2.51. The number of amidine groups is 1. The van der Waals surface area contributed by atoms with Gasteiger partial charge in [0.25, 0.3) is 5.91 Å². The summed E-state index contributed by atoms with van der Waals surface area (Å²) in [4.78, 5) is 31.9. The van der Waals surface area contributed by atoms with Crippen LogP contribution in [0.2, 0.25) is 0 Å². The number of urea groups is 1. The van der Waals surface area contributed by atoms with E-state index in [2.05, 4.69) is 22.1 Å². The molecule has 0 aromatic heterocycles. The molecule has 0 aliphatic carbocycles. The van der Waals surface area contributed by atoms with Crippen LogP contribution in [0, 0.1) is 0 Å². The van der Waals surface area contributed by atoms with E-state index in [4.69, 9.17) is 4.74 Å². The van der Waals surface area contributed by atoms with Crippen molar-refractivity contribution in [3.05, 3.63) is 42.0 Å². The van der Waals surface area contributed by atoms with Crippen LogP contribution in [0.3, 0.4) is 0 Å². The van der Waals surface area contributed by atoms with Crippen LogP contribution in [-0.4, -0.2) is 77.6 Å². The van der Waals surface area contributed by atoms with Crippen molar-refractivity contribution < 1.29 is 18.9 Å². The summed E-state index contributed by atoms with van der Waals surface area (Å²) in [7, 11) is 3.06. The number of likely N-dealkylation sites (N-methyl/N-ethyl adjacent to an activating group) is 2. The van der Waals surface area contributed by atoms with E-state index >= 15 is 0 Å². The molecule has 2 heterocycles. The first kappa shape index (κ1) is 20.2. The second-order valence-electron chi connectivity index (χ2n) is 6.89. The smallest absolute Gasteiger partial charge is 0.414 e. The third-order valence-electron chi connectivity index (χ3n) is 4.54. The Morgan fingerprint density at radius 2 is 2.00 bits per heavy atom. The molecule has 0 spiro atoms. The van der Waals surface area contributed by atoms with Crippen LogP contribution in [0.25, 0.3) is 0 Å². The Morgan fingerprint density at radius 1 is 1.31 bits per heavy atom. The van der Waals surface area contributed by atoms with Gasteiger partial charge >= 0.3 is 12.0 Å². The van der Waals surface area contributed by atoms with Crippen molar-refractivity contribution in [3.63, 3.8) is 0 Å². The molecule has 0 radical (unpaired) electrons. The van der Waals surface area contributed by atoms with E-state index in [-0.39, 0.29) is 5.91 Å². The van der Waals surface area contributed by atoms with Crippen molar-refractivity contribution >= 4 is 29.9 Å². The average Bonchev–Trinajstić information content (AvgIpc) is 3.04. The molecule has 2 aliphatic heterocycles. The molecule has 1 fully saturated rings. The highest BCUT2D eigenvalue weighted by molar-refractivity contribution is 6.22. The molecular weight excluding hydrogens is 372 g/mol. The summed E-state index contributed by atoms with van der Waals surface area (Å²) in [5.74, 6) is 1.22. The van der Waals surface area contributed by atoms with Crippen molar-refractivity contribution in [2.75, 3.05) is 27.2 Å². The van der Waals surface area contributed by atoms with Crippen LogP contribution >= 0.6 is 0 Å². The Labute approximate surface area is 169 Å². The largest absolute Gasteiger partial charge is 0.494 e. The van der Waals surface area contributed by atoms with Gasteiger partial charge in [-0.3, -0.25) is 14.6 Å². The lowest BCUT2D eigenvalue weighted by atomic mass is 10.1. The number of guanidine groups is 1. The van der Waals surface area contributed by atoms with E-state index in [9.17, 15) is 9.59 Å². The number of hydrazone groups is 1. The van der Waals surface area contributed by atoms with Gasteiger partial charge in [-0.05, 0) is 49.2 Å². The van der Waals surface area contributed by atoms with Crippen molar-refractivity contribution in [2.24, 2.45) is 10.1 Å². The number of nitrogens with zero attached hydrogens (tertiary/aromatic N) is 5. The van der Waals surface area contributed by atoms with Crippen LogP contribution in [0.4, 0.5) is 4.79 Å². The van der Waals surface area contributed by atoms with Crippen molar-refractivity contribution in [3.8, 4) is 5.75 Å². The van der Waals surface area contributed by atoms with E-state index in [0.29, 0.717) is 24.9 Å². The maximum atomic E-state index is 12.7. The number of amides is 3. The molecule has 152 valence electrons. The maximum Gasteiger partial charge on any atom is 0.414 e. The third kappa shape index (κ3) is 4.03.